The number of aromatic nitrogens is 2. The van der Waals surface area contributed by atoms with E-state index in [9.17, 15) is 0 Å². The molecule has 0 saturated heterocycles. The molecule has 1 heterocycles. The predicted molar refractivity (Wildman–Crippen MR) is 81.4 cm³/mol. The molecule has 2 aromatic rings. The molecule has 0 amide bonds. The molecule has 1 aromatic heterocycles. The van der Waals surface area contributed by atoms with E-state index in [2.05, 4.69) is 21.4 Å². The van der Waals surface area contributed by atoms with E-state index < -0.39 is 0 Å². The van der Waals surface area contributed by atoms with Gasteiger partial charge in [-0.05, 0) is 24.6 Å². The fourth-order valence-corrected chi connectivity index (χ4v) is 1.93. The summed E-state index contributed by atoms with van der Waals surface area (Å²) in [6.07, 6.45) is 0.401. The minimum atomic E-state index is 0.326. The largest absolute Gasteiger partial charge is 0.374 e. The van der Waals surface area contributed by atoms with Crippen molar-refractivity contribution >= 4 is 23.1 Å². The maximum atomic E-state index is 8.65. The molecule has 1 aromatic carbocycles. The lowest BCUT2D eigenvalue weighted by Crippen LogP contribution is -2.02. The van der Waals surface area contributed by atoms with Gasteiger partial charge in [-0.1, -0.05) is 23.7 Å². The first kappa shape index (κ1) is 15.2. The second-order valence-electron chi connectivity index (χ2n) is 4.29. The van der Waals surface area contributed by atoms with Gasteiger partial charge in [0.05, 0.1) is 12.5 Å². The maximum Gasteiger partial charge on any atom is 0.158 e. The van der Waals surface area contributed by atoms with Crippen molar-refractivity contribution in [3.05, 3.63) is 46.9 Å². The fourth-order valence-electron chi connectivity index (χ4n) is 1.73. The highest BCUT2D eigenvalue weighted by atomic mass is 35.5. The van der Waals surface area contributed by atoms with Crippen molar-refractivity contribution in [2.45, 2.75) is 20.0 Å². The molecule has 0 aliphatic carbocycles. The quantitative estimate of drug-likeness (QED) is 0.827. The molecule has 0 atom stereocenters. The molecule has 0 saturated carbocycles. The summed E-state index contributed by atoms with van der Waals surface area (Å²) < 4.78 is 5.28. The molecule has 0 bridgehead atoms. The van der Waals surface area contributed by atoms with Crippen molar-refractivity contribution in [3.8, 4) is 6.07 Å². The molecule has 0 fully saturated rings. The Kier molecular flexibility index (Phi) is 5.50. The number of rotatable bonds is 6. The van der Waals surface area contributed by atoms with Crippen molar-refractivity contribution in [1.82, 2.24) is 9.97 Å². The zero-order chi connectivity index (χ0) is 15.1. The monoisotopic (exact) mass is 302 g/mol. The maximum absolute atomic E-state index is 8.65. The first-order valence-corrected chi connectivity index (χ1v) is 6.93. The highest BCUT2D eigenvalue weighted by molar-refractivity contribution is 6.29. The first-order chi connectivity index (χ1) is 10.2. The van der Waals surface area contributed by atoms with Crippen LogP contribution in [0.3, 0.4) is 0 Å². The van der Waals surface area contributed by atoms with Gasteiger partial charge in [0.25, 0.3) is 0 Å². The van der Waals surface area contributed by atoms with Crippen molar-refractivity contribution < 1.29 is 4.74 Å². The third-order valence-corrected chi connectivity index (χ3v) is 2.88. The second-order valence-corrected chi connectivity index (χ2v) is 4.67. The molecule has 6 heteroatoms. The third kappa shape index (κ3) is 4.71. The number of benzene rings is 1. The van der Waals surface area contributed by atoms with Crippen LogP contribution >= 0.6 is 11.6 Å². The molecule has 0 unspecified atom stereocenters. The van der Waals surface area contributed by atoms with Gasteiger partial charge in [0.1, 0.15) is 17.6 Å². The molecule has 0 spiro atoms. The molecule has 1 N–H and O–H groups in total. The number of ether oxygens (including phenoxy) is 1. The summed E-state index contributed by atoms with van der Waals surface area (Å²) in [5.74, 6) is 1.14. The van der Waals surface area contributed by atoms with Gasteiger partial charge in [-0.15, -0.1) is 0 Å². The Morgan fingerprint density at radius 2 is 2.05 bits per heavy atom. The summed E-state index contributed by atoms with van der Waals surface area (Å²) in [7, 11) is 0. The van der Waals surface area contributed by atoms with Crippen LogP contribution in [-0.2, 0) is 17.8 Å². The van der Waals surface area contributed by atoms with Gasteiger partial charge in [-0.2, -0.15) is 5.26 Å². The first-order valence-electron chi connectivity index (χ1n) is 6.55. The molecule has 0 radical (unpaired) electrons. The van der Waals surface area contributed by atoms with Gasteiger partial charge in [-0.25, -0.2) is 9.97 Å². The molecular weight excluding hydrogens is 288 g/mol. The van der Waals surface area contributed by atoms with Gasteiger partial charge in [0, 0.05) is 18.4 Å². The Morgan fingerprint density at radius 3 is 2.71 bits per heavy atom. The summed E-state index contributed by atoms with van der Waals surface area (Å²) in [6, 6.07) is 11.4. The lowest BCUT2D eigenvalue weighted by atomic mass is 10.1. The van der Waals surface area contributed by atoms with Crippen molar-refractivity contribution in [2.24, 2.45) is 0 Å². The van der Waals surface area contributed by atoms with Gasteiger partial charge < -0.3 is 10.1 Å². The summed E-state index contributed by atoms with van der Waals surface area (Å²) in [5, 5.41) is 12.2. The summed E-state index contributed by atoms with van der Waals surface area (Å²) in [4.78, 5) is 8.45. The number of hydrogen-bond donors (Lipinski definition) is 1. The topological polar surface area (TPSA) is 70.8 Å². The van der Waals surface area contributed by atoms with E-state index in [0.717, 1.165) is 11.3 Å². The number of nitriles is 1. The van der Waals surface area contributed by atoms with Crippen LogP contribution in [0.5, 0.6) is 0 Å². The van der Waals surface area contributed by atoms with Crippen LogP contribution in [0, 0.1) is 11.3 Å². The molecular formula is C15H15ClN4O. The summed E-state index contributed by atoms with van der Waals surface area (Å²) >= 11 is 5.98. The van der Waals surface area contributed by atoms with E-state index in [1.807, 2.05) is 31.2 Å². The van der Waals surface area contributed by atoms with Gasteiger partial charge >= 0.3 is 0 Å². The highest BCUT2D eigenvalue weighted by Crippen LogP contribution is 2.18. The lowest BCUT2D eigenvalue weighted by Gasteiger charge is -2.08. The average molecular weight is 303 g/mol. The second kappa shape index (κ2) is 7.58. The molecule has 21 heavy (non-hydrogen) atoms. The standard InChI is InChI=1S/C15H15ClN4O/c1-2-21-10-15-19-13(16)9-14(20-15)18-12-5-3-11(4-6-12)7-8-17/h3-6,9H,2,7,10H2,1H3,(H,18,19,20). The van der Waals surface area contributed by atoms with Crippen LogP contribution in [0.1, 0.15) is 18.3 Å². The number of nitrogens with one attached hydrogen (secondary N) is 1. The van der Waals surface area contributed by atoms with E-state index >= 15 is 0 Å². The van der Waals surface area contributed by atoms with Gasteiger partial charge in [0.15, 0.2) is 5.82 Å². The van der Waals surface area contributed by atoms with Crippen LogP contribution in [0.15, 0.2) is 30.3 Å². The lowest BCUT2D eigenvalue weighted by molar-refractivity contribution is 0.128. The molecule has 2 rings (SSSR count). The van der Waals surface area contributed by atoms with E-state index in [-0.39, 0.29) is 0 Å². The molecule has 108 valence electrons. The van der Waals surface area contributed by atoms with Crippen LogP contribution in [0.4, 0.5) is 11.5 Å². The number of halogens is 1. The number of nitrogens with zero attached hydrogens (tertiary/aromatic N) is 3. The average Bonchev–Trinajstić information content (AvgIpc) is 2.47. The zero-order valence-electron chi connectivity index (χ0n) is 11.6. The Hall–Kier alpha value is -2.16. The van der Waals surface area contributed by atoms with Gasteiger partial charge in [0.2, 0.25) is 0 Å². The van der Waals surface area contributed by atoms with Crippen molar-refractivity contribution in [2.75, 3.05) is 11.9 Å². The van der Waals surface area contributed by atoms with Crippen LogP contribution in [-0.4, -0.2) is 16.6 Å². The Balaban J connectivity index is 2.11. The number of anilines is 2. The zero-order valence-corrected chi connectivity index (χ0v) is 12.4. The van der Waals surface area contributed by atoms with Gasteiger partial charge in [-0.3, -0.25) is 0 Å². The summed E-state index contributed by atoms with van der Waals surface area (Å²) in [6.45, 7) is 2.83. The smallest absolute Gasteiger partial charge is 0.158 e. The number of hydrogen-bond acceptors (Lipinski definition) is 5. The minimum absolute atomic E-state index is 0.326. The molecule has 0 aliphatic heterocycles. The Labute approximate surface area is 128 Å². The van der Waals surface area contributed by atoms with E-state index in [1.165, 1.54) is 0 Å². The van der Waals surface area contributed by atoms with Crippen molar-refractivity contribution in [3.63, 3.8) is 0 Å². The summed E-state index contributed by atoms with van der Waals surface area (Å²) in [5.41, 5.74) is 1.84. The highest BCUT2D eigenvalue weighted by Gasteiger charge is 2.04. The predicted octanol–water partition coefficient (Wildman–Crippen LogP) is 3.48. The normalized spacial score (nSPS) is 10.1. The molecule has 0 aliphatic rings. The van der Waals surface area contributed by atoms with Crippen LogP contribution in [0.2, 0.25) is 5.15 Å². The molecule has 5 nitrogen and oxygen atoms in total. The third-order valence-electron chi connectivity index (χ3n) is 2.69. The van der Waals surface area contributed by atoms with E-state index in [0.29, 0.717) is 36.4 Å². The van der Waals surface area contributed by atoms with Crippen LogP contribution < -0.4 is 5.32 Å². The van der Waals surface area contributed by atoms with E-state index in [4.69, 9.17) is 21.6 Å². The minimum Gasteiger partial charge on any atom is -0.374 e. The van der Waals surface area contributed by atoms with Crippen molar-refractivity contribution in [1.29, 1.82) is 5.26 Å². The Bertz CT molecular complexity index is 637. The Morgan fingerprint density at radius 1 is 1.29 bits per heavy atom. The fraction of sp³-hybridized carbons (Fsp3) is 0.267. The van der Waals surface area contributed by atoms with Crippen LogP contribution in [0.25, 0.3) is 0 Å². The SMILES string of the molecule is CCOCc1nc(Cl)cc(Nc2ccc(CC#N)cc2)n1. The van der Waals surface area contributed by atoms with E-state index in [1.54, 1.807) is 6.07 Å².